The van der Waals surface area contributed by atoms with Gasteiger partial charge in [-0.25, -0.2) is 4.68 Å². The third-order valence-corrected chi connectivity index (χ3v) is 1.75. The number of pyridine rings is 1. The van der Waals surface area contributed by atoms with Crippen LogP contribution in [0.5, 0.6) is 0 Å². The molecular weight excluding hydrogens is 164 g/mol. The maximum Gasteiger partial charge on any atom is 0.145 e. The van der Waals surface area contributed by atoms with Gasteiger partial charge in [-0.2, -0.15) is 5.10 Å². The first kappa shape index (κ1) is 7.79. The van der Waals surface area contributed by atoms with Gasteiger partial charge in [0.05, 0.1) is 5.69 Å². The van der Waals surface area contributed by atoms with Crippen LogP contribution in [0.1, 0.15) is 5.69 Å². The van der Waals surface area contributed by atoms with Crippen LogP contribution in [0.2, 0.25) is 0 Å². The van der Waals surface area contributed by atoms with E-state index in [2.05, 4.69) is 10.1 Å². The molecule has 0 aliphatic rings. The Morgan fingerprint density at radius 2 is 2.23 bits per heavy atom. The fraction of sp³-hybridized carbons (Fsp3) is 0.111. The maximum atomic E-state index is 5.51. The molecule has 0 saturated heterocycles. The fourth-order valence-corrected chi connectivity index (χ4v) is 1.15. The van der Waals surface area contributed by atoms with Crippen LogP contribution < -0.4 is 5.73 Å². The summed E-state index contributed by atoms with van der Waals surface area (Å²) in [7, 11) is 0. The van der Waals surface area contributed by atoms with Crippen LogP contribution in [0, 0.1) is 6.92 Å². The van der Waals surface area contributed by atoms with Gasteiger partial charge in [-0.15, -0.1) is 0 Å². The zero-order valence-corrected chi connectivity index (χ0v) is 7.31. The van der Waals surface area contributed by atoms with Gasteiger partial charge >= 0.3 is 0 Å². The number of rotatable bonds is 1. The van der Waals surface area contributed by atoms with Gasteiger partial charge in [-0.05, 0) is 19.1 Å². The second kappa shape index (κ2) is 2.90. The first-order valence-electron chi connectivity index (χ1n) is 4.00. The lowest BCUT2D eigenvalue weighted by atomic mass is 10.3. The summed E-state index contributed by atoms with van der Waals surface area (Å²) in [5, 5.41) is 4.09. The third-order valence-electron chi connectivity index (χ3n) is 1.75. The lowest BCUT2D eigenvalue weighted by Crippen LogP contribution is -1.97. The van der Waals surface area contributed by atoms with Gasteiger partial charge in [0.2, 0.25) is 0 Å². The van der Waals surface area contributed by atoms with E-state index in [9.17, 15) is 0 Å². The Labute approximate surface area is 76.0 Å². The third kappa shape index (κ3) is 1.51. The van der Waals surface area contributed by atoms with Gasteiger partial charge in [-0.3, -0.25) is 4.98 Å². The van der Waals surface area contributed by atoms with E-state index in [0.717, 1.165) is 11.4 Å². The lowest BCUT2D eigenvalue weighted by molar-refractivity contribution is 0.880. The molecule has 0 amide bonds. The molecule has 0 atom stereocenters. The predicted molar refractivity (Wildman–Crippen MR) is 50.5 cm³/mol. The van der Waals surface area contributed by atoms with Crippen molar-refractivity contribution in [3.63, 3.8) is 0 Å². The smallest absolute Gasteiger partial charge is 0.145 e. The molecule has 0 saturated carbocycles. The molecule has 0 spiro atoms. The zero-order chi connectivity index (χ0) is 9.26. The minimum atomic E-state index is 0.523. The average Bonchev–Trinajstić information content (AvgIpc) is 2.52. The van der Waals surface area contributed by atoms with Crippen molar-refractivity contribution in [2.24, 2.45) is 0 Å². The first-order chi connectivity index (χ1) is 6.25. The summed E-state index contributed by atoms with van der Waals surface area (Å²) in [6.45, 7) is 1.94. The number of anilines is 1. The summed E-state index contributed by atoms with van der Waals surface area (Å²) in [6, 6.07) is 5.60. The lowest BCUT2D eigenvalue weighted by Gasteiger charge is -2.00. The first-order valence-corrected chi connectivity index (χ1v) is 4.00. The topological polar surface area (TPSA) is 56.7 Å². The summed E-state index contributed by atoms with van der Waals surface area (Å²) < 4.78 is 1.73. The Morgan fingerprint density at radius 1 is 1.38 bits per heavy atom. The van der Waals surface area contributed by atoms with Crippen LogP contribution in [0.4, 0.5) is 5.82 Å². The Balaban J connectivity index is 2.46. The minimum absolute atomic E-state index is 0.523. The maximum absolute atomic E-state index is 5.51. The van der Waals surface area contributed by atoms with Crippen molar-refractivity contribution in [2.75, 3.05) is 5.73 Å². The van der Waals surface area contributed by atoms with Crippen molar-refractivity contribution in [2.45, 2.75) is 6.92 Å². The molecule has 13 heavy (non-hydrogen) atoms. The molecule has 4 heteroatoms. The Kier molecular flexibility index (Phi) is 1.73. The number of hydrogen-bond donors (Lipinski definition) is 1. The van der Waals surface area contributed by atoms with E-state index in [-0.39, 0.29) is 0 Å². The molecule has 2 N–H and O–H groups in total. The molecule has 0 radical (unpaired) electrons. The standard InChI is InChI=1S/C9H10N4/c1-7-6-8(2-4-11-7)13-5-3-9(10)12-13/h2-6H,1H3,(H2,10,12). The van der Waals surface area contributed by atoms with Gasteiger partial charge < -0.3 is 5.73 Å². The summed E-state index contributed by atoms with van der Waals surface area (Å²) in [6.07, 6.45) is 3.58. The highest BCUT2D eigenvalue weighted by molar-refractivity contribution is 5.34. The molecule has 2 heterocycles. The van der Waals surface area contributed by atoms with Crippen molar-refractivity contribution in [1.29, 1.82) is 0 Å². The number of nitrogen functional groups attached to an aromatic ring is 1. The van der Waals surface area contributed by atoms with Crippen LogP contribution in [0.3, 0.4) is 0 Å². The number of aromatic nitrogens is 3. The van der Waals surface area contributed by atoms with Gasteiger partial charge in [0.25, 0.3) is 0 Å². The van der Waals surface area contributed by atoms with E-state index in [0.29, 0.717) is 5.82 Å². The monoisotopic (exact) mass is 174 g/mol. The molecule has 4 nitrogen and oxygen atoms in total. The molecule has 0 unspecified atom stereocenters. The van der Waals surface area contributed by atoms with E-state index in [1.54, 1.807) is 16.9 Å². The molecule has 2 aromatic rings. The minimum Gasteiger partial charge on any atom is -0.382 e. The van der Waals surface area contributed by atoms with E-state index in [1.807, 2.05) is 25.3 Å². The molecule has 0 aliphatic carbocycles. The van der Waals surface area contributed by atoms with Crippen molar-refractivity contribution in [3.8, 4) is 5.69 Å². The van der Waals surface area contributed by atoms with E-state index < -0.39 is 0 Å². The van der Waals surface area contributed by atoms with Crippen molar-refractivity contribution < 1.29 is 0 Å². The average molecular weight is 174 g/mol. The highest BCUT2D eigenvalue weighted by atomic mass is 15.3. The summed E-state index contributed by atoms with van der Waals surface area (Å²) >= 11 is 0. The number of aryl methyl sites for hydroxylation is 1. The van der Waals surface area contributed by atoms with Gasteiger partial charge in [-0.1, -0.05) is 0 Å². The normalized spacial score (nSPS) is 10.2. The van der Waals surface area contributed by atoms with Crippen LogP contribution >= 0.6 is 0 Å². The predicted octanol–water partition coefficient (Wildman–Crippen LogP) is 1.16. The Morgan fingerprint density at radius 3 is 2.85 bits per heavy atom. The number of hydrogen-bond acceptors (Lipinski definition) is 3. The molecule has 0 bridgehead atoms. The second-order valence-electron chi connectivity index (χ2n) is 2.84. The van der Waals surface area contributed by atoms with E-state index >= 15 is 0 Å². The molecule has 0 aliphatic heterocycles. The highest BCUT2D eigenvalue weighted by Gasteiger charge is 1.97. The van der Waals surface area contributed by atoms with Crippen LogP contribution in [-0.2, 0) is 0 Å². The Bertz CT molecular complexity index is 419. The summed E-state index contributed by atoms with van der Waals surface area (Å²) in [4.78, 5) is 4.10. The van der Waals surface area contributed by atoms with E-state index in [4.69, 9.17) is 5.73 Å². The van der Waals surface area contributed by atoms with Gasteiger partial charge in [0.1, 0.15) is 5.82 Å². The zero-order valence-electron chi connectivity index (χ0n) is 7.31. The van der Waals surface area contributed by atoms with E-state index in [1.165, 1.54) is 0 Å². The fourth-order valence-electron chi connectivity index (χ4n) is 1.15. The molecule has 2 rings (SSSR count). The van der Waals surface area contributed by atoms with Crippen LogP contribution in [0.15, 0.2) is 30.6 Å². The quantitative estimate of drug-likeness (QED) is 0.705. The van der Waals surface area contributed by atoms with Crippen molar-refractivity contribution in [3.05, 3.63) is 36.3 Å². The molecule has 0 fully saturated rings. The molecule has 2 aromatic heterocycles. The molecular formula is C9H10N4. The molecule has 66 valence electrons. The van der Waals surface area contributed by atoms with Gasteiger partial charge in [0.15, 0.2) is 0 Å². The largest absolute Gasteiger partial charge is 0.382 e. The van der Waals surface area contributed by atoms with Crippen LogP contribution in [0.25, 0.3) is 5.69 Å². The van der Waals surface area contributed by atoms with Crippen molar-refractivity contribution >= 4 is 5.82 Å². The Hall–Kier alpha value is -1.84. The summed E-state index contributed by atoms with van der Waals surface area (Å²) in [5.41, 5.74) is 7.45. The highest BCUT2D eigenvalue weighted by Crippen LogP contribution is 2.08. The van der Waals surface area contributed by atoms with Crippen molar-refractivity contribution in [1.82, 2.24) is 14.8 Å². The molecule has 0 aromatic carbocycles. The second-order valence-corrected chi connectivity index (χ2v) is 2.84. The SMILES string of the molecule is Cc1cc(-n2ccc(N)n2)ccn1. The number of nitrogens with zero attached hydrogens (tertiary/aromatic N) is 3. The summed E-state index contributed by atoms with van der Waals surface area (Å²) in [5.74, 6) is 0.523. The number of nitrogens with two attached hydrogens (primary N) is 1. The van der Waals surface area contributed by atoms with Crippen LogP contribution in [-0.4, -0.2) is 14.8 Å². The van der Waals surface area contributed by atoms with Gasteiger partial charge in [0, 0.05) is 24.2 Å².